The maximum atomic E-state index is 5.91. The number of ether oxygens (including phenoxy) is 1. The Kier molecular flexibility index (Phi) is 5.34. The number of nitrogens with one attached hydrogen (secondary N) is 1. The molecule has 1 heterocycles. The summed E-state index contributed by atoms with van der Waals surface area (Å²) in [6.45, 7) is 3.22. The topological polar surface area (TPSA) is 47.0 Å². The predicted molar refractivity (Wildman–Crippen MR) is 85.1 cm³/mol. The van der Waals surface area contributed by atoms with Crippen LogP contribution in [0.1, 0.15) is 12.6 Å². The fraction of sp³-hybridized carbons (Fsp3) is 0.286. The Morgan fingerprint density at radius 2 is 1.95 bits per heavy atom. The van der Waals surface area contributed by atoms with Gasteiger partial charge in [-0.25, -0.2) is 9.97 Å². The van der Waals surface area contributed by atoms with E-state index in [4.69, 9.17) is 16.3 Å². The molecular formula is C14H15BrClN3O. The highest BCUT2D eigenvalue weighted by molar-refractivity contribution is 9.10. The first-order valence-corrected chi connectivity index (χ1v) is 7.38. The molecule has 0 saturated heterocycles. The maximum absolute atomic E-state index is 5.91. The van der Waals surface area contributed by atoms with E-state index in [1.807, 2.05) is 31.2 Å². The van der Waals surface area contributed by atoms with Crippen LogP contribution in [0.4, 0.5) is 5.82 Å². The third-order valence-electron chi connectivity index (χ3n) is 2.65. The van der Waals surface area contributed by atoms with Gasteiger partial charge in [0.25, 0.3) is 0 Å². The van der Waals surface area contributed by atoms with E-state index in [9.17, 15) is 0 Å². The van der Waals surface area contributed by atoms with Gasteiger partial charge in [0.1, 0.15) is 5.82 Å². The Hall–Kier alpha value is -1.17. The number of methoxy groups -OCH3 is 1. The van der Waals surface area contributed by atoms with E-state index >= 15 is 0 Å². The SMILES string of the molecule is CCNc1nc(-c2ccc(Cl)cc2)nc(COC)c1Br. The summed E-state index contributed by atoms with van der Waals surface area (Å²) in [5.41, 5.74) is 1.72. The summed E-state index contributed by atoms with van der Waals surface area (Å²) in [5, 5.41) is 3.91. The van der Waals surface area contributed by atoms with Crippen LogP contribution in [0.3, 0.4) is 0 Å². The van der Waals surface area contributed by atoms with Crippen molar-refractivity contribution in [2.75, 3.05) is 19.0 Å². The number of hydrogen-bond acceptors (Lipinski definition) is 4. The Morgan fingerprint density at radius 1 is 1.25 bits per heavy atom. The summed E-state index contributed by atoms with van der Waals surface area (Å²) in [7, 11) is 1.64. The van der Waals surface area contributed by atoms with E-state index in [-0.39, 0.29) is 0 Å². The van der Waals surface area contributed by atoms with Crippen LogP contribution in [0.2, 0.25) is 5.02 Å². The standard InChI is InChI=1S/C14H15BrClN3O/c1-3-17-14-12(15)11(8-20-2)18-13(19-14)9-4-6-10(16)7-5-9/h4-7H,3,8H2,1-2H3,(H,17,18,19). The lowest BCUT2D eigenvalue weighted by Gasteiger charge is -2.12. The summed E-state index contributed by atoms with van der Waals surface area (Å²) in [4.78, 5) is 9.08. The molecule has 0 atom stereocenters. The van der Waals surface area contributed by atoms with Crippen molar-refractivity contribution in [3.05, 3.63) is 39.5 Å². The molecule has 106 valence electrons. The number of aromatic nitrogens is 2. The molecule has 4 nitrogen and oxygen atoms in total. The van der Waals surface area contributed by atoms with E-state index in [1.165, 1.54) is 0 Å². The van der Waals surface area contributed by atoms with Crippen LogP contribution in [0, 0.1) is 0 Å². The molecule has 20 heavy (non-hydrogen) atoms. The van der Waals surface area contributed by atoms with E-state index in [0.717, 1.165) is 28.1 Å². The largest absolute Gasteiger partial charge is 0.378 e. The molecule has 0 saturated carbocycles. The first kappa shape index (κ1) is 15.2. The number of rotatable bonds is 5. The number of benzene rings is 1. The smallest absolute Gasteiger partial charge is 0.161 e. The highest BCUT2D eigenvalue weighted by Gasteiger charge is 2.13. The van der Waals surface area contributed by atoms with Crippen molar-refractivity contribution in [2.45, 2.75) is 13.5 Å². The number of hydrogen-bond donors (Lipinski definition) is 1. The Bertz CT molecular complexity index is 562. The molecule has 1 aromatic heterocycles. The molecule has 0 bridgehead atoms. The van der Waals surface area contributed by atoms with Crippen molar-refractivity contribution >= 4 is 33.3 Å². The lowest BCUT2D eigenvalue weighted by molar-refractivity contribution is 0.181. The van der Waals surface area contributed by atoms with Crippen molar-refractivity contribution in [1.82, 2.24) is 9.97 Å². The summed E-state index contributed by atoms with van der Waals surface area (Å²) >= 11 is 9.42. The highest BCUT2D eigenvalue weighted by atomic mass is 79.9. The van der Waals surface area contributed by atoms with Crippen LogP contribution in [0.5, 0.6) is 0 Å². The third kappa shape index (κ3) is 3.48. The van der Waals surface area contributed by atoms with Crippen LogP contribution in [0.15, 0.2) is 28.7 Å². The van der Waals surface area contributed by atoms with Gasteiger partial charge in [-0.2, -0.15) is 0 Å². The van der Waals surface area contributed by atoms with Crippen molar-refractivity contribution in [2.24, 2.45) is 0 Å². The van der Waals surface area contributed by atoms with Crippen molar-refractivity contribution in [3.8, 4) is 11.4 Å². The first-order chi connectivity index (χ1) is 9.65. The zero-order chi connectivity index (χ0) is 14.5. The van der Waals surface area contributed by atoms with Crippen LogP contribution >= 0.6 is 27.5 Å². The second kappa shape index (κ2) is 7.02. The van der Waals surface area contributed by atoms with E-state index < -0.39 is 0 Å². The van der Waals surface area contributed by atoms with Crippen LogP contribution < -0.4 is 5.32 Å². The molecule has 0 aliphatic heterocycles. The summed E-state index contributed by atoms with van der Waals surface area (Å²) in [6, 6.07) is 7.45. The molecule has 0 amide bonds. The molecule has 2 rings (SSSR count). The Balaban J connectivity index is 2.49. The van der Waals surface area contributed by atoms with Crippen LogP contribution in [0.25, 0.3) is 11.4 Å². The van der Waals surface area contributed by atoms with Crippen molar-refractivity contribution in [3.63, 3.8) is 0 Å². The van der Waals surface area contributed by atoms with Gasteiger partial charge < -0.3 is 10.1 Å². The number of nitrogens with zero attached hydrogens (tertiary/aromatic N) is 2. The minimum Gasteiger partial charge on any atom is -0.378 e. The normalized spacial score (nSPS) is 10.6. The molecule has 0 spiro atoms. The molecule has 0 fully saturated rings. The van der Waals surface area contributed by atoms with Crippen LogP contribution in [-0.4, -0.2) is 23.6 Å². The lowest BCUT2D eigenvalue weighted by Crippen LogP contribution is -2.06. The zero-order valence-corrected chi connectivity index (χ0v) is 13.6. The van der Waals surface area contributed by atoms with Gasteiger partial charge in [-0.1, -0.05) is 11.6 Å². The van der Waals surface area contributed by atoms with Gasteiger partial charge in [0.05, 0.1) is 16.8 Å². The van der Waals surface area contributed by atoms with E-state index in [0.29, 0.717) is 17.5 Å². The van der Waals surface area contributed by atoms with Gasteiger partial charge in [0, 0.05) is 24.2 Å². The molecule has 1 N–H and O–H groups in total. The van der Waals surface area contributed by atoms with Gasteiger partial charge in [-0.15, -0.1) is 0 Å². The summed E-state index contributed by atoms with van der Waals surface area (Å²) in [5.74, 6) is 1.41. The average molecular weight is 357 g/mol. The predicted octanol–water partition coefficient (Wildman–Crippen LogP) is 4.14. The molecule has 2 aromatic rings. The molecule has 0 unspecified atom stereocenters. The zero-order valence-electron chi connectivity index (χ0n) is 11.3. The summed E-state index contributed by atoms with van der Waals surface area (Å²) < 4.78 is 6.01. The third-order valence-corrected chi connectivity index (χ3v) is 3.73. The average Bonchev–Trinajstić information content (AvgIpc) is 2.44. The fourth-order valence-corrected chi connectivity index (χ4v) is 2.30. The van der Waals surface area contributed by atoms with Gasteiger partial charge in [0.15, 0.2) is 5.82 Å². The maximum Gasteiger partial charge on any atom is 0.161 e. The van der Waals surface area contributed by atoms with E-state index in [1.54, 1.807) is 7.11 Å². The van der Waals surface area contributed by atoms with Crippen molar-refractivity contribution in [1.29, 1.82) is 0 Å². The quantitative estimate of drug-likeness (QED) is 0.874. The molecule has 0 radical (unpaired) electrons. The van der Waals surface area contributed by atoms with Crippen LogP contribution in [-0.2, 0) is 11.3 Å². The van der Waals surface area contributed by atoms with Gasteiger partial charge in [-0.3, -0.25) is 0 Å². The number of halogens is 2. The second-order valence-electron chi connectivity index (χ2n) is 4.13. The monoisotopic (exact) mass is 355 g/mol. The molecule has 1 aromatic carbocycles. The highest BCUT2D eigenvalue weighted by Crippen LogP contribution is 2.28. The molecule has 0 aliphatic rings. The minimum atomic E-state index is 0.419. The van der Waals surface area contributed by atoms with Gasteiger partial charge in [0.2, 0.25) is 0 Å². The molecule has 6 heteroatoms. The second-order valence-corrected chi connectivity index (χ2v) is 5.36. The molecular weight excluding hydrogens is 342 g/mol. The van der Waals surface area contributed by atoms with Crippen molar-refractivity contribution < 1.29 is 4.74 Å². The minimum absolute atomic E-state index is 0.419. The van der Waals surface area contributed by atoms with E-state index in [2.05, 4.69) is 31.2 Å². The first-order valence-electron chi connectivity index (χ1n) is 6.20. The Morgan fingerprint density at radius 3 is 2.55 bits per heavy atom. The lowest BCUT2D eigenvalue weighted by atomic mass is 10.2. The van der Waals surface area contributed by atoms with Gasteiger partial charge >= 0.3 is 0 Å². The Labute approximate surface area is 131 Å². The molecule has 0 aliphatic carbocycles. The fourth-order valence-electron chi connectivity index (χ4n) is 1.74. The summed E-state index contributed by atoms with van der Waals surface area (Å²) in [6.07, 6.45) is 0. The number of anilines is 1. The van der Waals surface area contributed by atoms with Gasteiger partial charge in [-0.05, 0) is 47.1 Å².